The summed E-state index contributed by atoms with van der Waals surface area (Å²) in [5.74, 6) is -1.15. The fourth-order valence-electron chi connectivity index (χ4n) is 0.544. The van der Waals surface area contributed by atoms with Crippen LogP contribution >= 0.6 is 0 Å². The van der Waals surface area contributed by atoms with Gasteiger partial charge in [0.2, 0.25) is 0 Å². The number of carboxylic acid groups (broad SMARTS) is 1. The lowest BCUT2D eigenvalue weighted by Crippen LogP contribution is -2.39. The van der Waals surface area contributed by atoms with Crippen LogP contribution in [0, 0.1) is 0 Å². The number of aliphatic carboxylic acids is 1. The molecule has 0 aromatic heterocycles. The molecule has 0 aromatic carbocycles. The Kier molecular flexibility index (Phi) is 4.85. The van der Waals surface area contributed by atoms with Gasteiger partial charge >= 0.3 is 5.97 Å². The van der Waals surface area contributed by atoms with Crippen molar-refractivity contribution >= 4 is 16.2 Å². The van der Waals surface area contributed by atoms with Crippen LogP contribution in [-0.2, 0) is 15.0 Å². The van der Waals surface area contributed by atoms with E-state index in [0.717, 1.165) is 0 Å². The van der Waals surface area contributed by atoms with Crippen LogP contribution in [0.25, 0.3) is 0 Å². The van der Waals surface area contributed by atoms with Crippen LogP contribution in [0.4, 0.5) is 0 Å². The first-order valence-corrected chi connectivity index (χ1v) is 5.04. The summed E-state index contributed by atoms with van der Waals surface area (Å²) in [5, 5.41) is 8.35. The van der Waals surface area contributed by atoms with E-state index in [1.54, 1.807) is 0 Å². The van der Waals surface area contributed by atoms with Gasteiger partial charge in [0.15, 0.2) is 0 Å². The van der Waals surface area contributed by atoms with Gasteiger partial charge in [-0.2, -0.15) is 8.42 Å². The molecule has 0 aromatic rings. The molecule has 0 saturated heterocycles. The maximum absolute atomic E-state index is 10.7. The van der Waals surface area contributed by atoms with E-state index >= 15 is 0 Å². The first-order chi connectivity index (χ1) is 5.89. The van der Waals surface area contributed by atoms with Crippen molar-refractivity contribution in [3.05, 3.63) is 0 Å². The lowest BCUT2D eigenvalue weighted by atomic mass is 10.2. The van der Waals surface area contributed by atoms with Gasteiger partial charge in [0.05, 0.1) is 0 Å². The molecule has 1 atom stereocenters. The first kappa shape index (κ1) is 12.3. The number of carboxylic acids is 1. The van der Waals surface area contributed by atoms with Gasteiger partial charge < -0.3 is 10.8 Å². The van der Waals surface area contributed by atoms with Gasteiger partial charge in [-0.15, -0.1) is 0 Å². The number of nitrogens with one attached hydrogen (secondary N) is 2. The van der Waals surface area contributed by atoms with Crippen molar-refractivity contribution in [1.82, 2.24) is 9.44 Å². The van der Waals surface area contributed by atoms with Crippen LogP contribution in [-0.4, -0.2) is 39.1 Å². The van der Waals surface area contributed by atoms with Gasteiger partial charge in [0.25, 0.3) is 10.2 Å². The van der Waals surface area contributed by atoms with Crippen molar-refractivity contribution in [3.8, 4) is 0 Å². The van der Waals surface area contributed by atoms with E-state index in [9.17, 15) is 13.2 Å². The van der Waals surface area contributed by atoms with Gasteiger partial charge in [0, 0.05) is 13.6 Å². The summed E-state index contributed by atoms with van der Waals surface area (Å²) in [6.45, 7) is -0.00333. The molecule has 0 amide bonds. The summed E-state index contributed by atoms with van der Waals surface area (Å²) >= 11 is 0. The Labute approximate surface area is 76.5 Å². The Balaban J connectivity index is 3.75. The molecule has 0 heterocycles. The van der Waals surface area contributed by atoms with Gasteiger partial charge in [-0.05, 0) is 6.42 Å². The van der Waals surface area contributed by atoms with E-state index in [4.69, 9.17) is 10.8 Å². The van der Waals surface area contributed by atoms with Gasteiger partial charge in [-0.3, -0.25) is 4.79 Å². The number of carbonyl (C=O) groups is 1. The molecule has 78 valence electrons. The molecule has 0 radical (unpaired) electrons. The zero-order chi connectivity index (χ0) is 10.5. The van der Waals surface area contributed by atoms with Crippen molar-refractivity contribution in [2.45, 2.75) is 12.5 Å². The molecule has 0 unspecified atom stereocenters. The fourth-order valence-corrected chi connectivity index (χ4v) is 1.08. The van der Waals surface area contributed by atoms with Crippen LogP contribution in [0.15, 0.2) is 0 Å². The van der Waals surface area contributed by atoms with Crippen molar-refractivity contribution in [2.24, 2.45) is 5.73 Å². The quantitative estimate of drug-likeness (QED) is 0.399. The highest BCUT2D eigenvalue weighted by Gasteiger charge is 2.12. The zero-order valence-electron chi connectivity index (χ0n) is 7.15. The topological polar surface area (TPSA) is 122 Å². The van der Waals surface area contributed by atoms with Crippen LogP contribution in [0.1, 0.15) is 6.42 Å². The molecule has 0 spiro atoms. The molecule has 0 rings (SSSR count). The number of hydrogen-bond donors (Lipinski definition) is 4. The van der Waals surface area contributed by atoms with Crippen LogP contribution in [0.5, 0.6) is 0 Å². The molecule has 0 aliphatic carbocycles. The lowest BCUT2D eigenvalue weighted by Gasteiger charge is -2.07. The second-order valence-electron chi connectivity index (χ2n) is 2.34. The van der Waals surface area contributed by atoms with Gasteiger partial charge in [-0.25, -0.2) is 9.44 Å². The first-order valence-electron chi connectivity index (χ1n) is 3.55. The molecule has 13 heavy (non-hydrogen) atoms. The summed E-state index contributed by atoms with van der Waals surface area (Å²) < 4.78 is 25.6. The predicted molar refractivity (Wildman–Crippen MR) is 46.2 cm³/mol. The maximum atomic E-state index is 10.7. The van der Waals surface area contributed by atoms with Crippen molar-refractivity contribution in [3.63, 3.8) is 0 Å². The van der Waals surface area contributed by atoms with E-state index in [0.29, 0.717) is 0 Å². The van der Waals surface area contributed by atoms with E-state index in [1.807, 2.05) is 4.72 Å². The van der Waals surface area contributed by atoms with E-state index in [1.165, 1.54) is 7.05 Å². The van der Waals surface area contributed by atoms with Crippen molar-refractivity contribution in [2.75, 3.05) is 13.6 Å². The maximum Gasteiger partial charge on any atom is 0.320 e. The highest BCUT2D eigenvalue weighted by molar-refractivity contribution is 7.87. The highest BCUT2D eigenvalue weighted by atomic mass is 32.2. The molecule has 0 fully saturated rings. The Bertz CT molecular complexity index is 263. The van der Waals surface area contributed by atoms with Crippen LogP contribution in [0.3, 0.4) is 0 Å². The number of hydrogen-bond acceptors (Lipinski definition) is 4. The number of rotatable bonds is 6. The Hall–Kier alpha value is -0.700. The zero-order valence-corrected chi connectivity index (χ0v) is 7.97. The van der Waals surface area contributed by atoms with Crippen molar-refractivity contribution < 1.29 is 18.3 Å². The van der Waals surface area contributed by atoms with Gasteiger partial charge in [0.1, 0.15) is 6.04 Å². The van der Waals surface area contributed by atoms with Crippen LogP contribution < -0.4 is 15.2 Å². The minimum atomic E-state index is -3.49. The van der Waals surface area contributed by atoms with E-state index in [-0.39, 0.29) is 13.0 Å². The Morgan fingerprint density at radius 1 is 1.62 bits per heavy atom. The minimum Gasteiger partial charge on any atom is -0.480 e. The lowest BCUT2D eigenvalue weighted by molar-refractivity contribution is -0.138. The molecule has 7 nitrogen and oxygen atoms in total. The molecule has 5 N–H and O–H groups in total. The van der Waals surface area contributed by atoms with E-state index in [2.05, 4.69) is 4.72 Å². The predicted octanol–water partition coefficient (Wildman–Crippen LogP) is -2.16. The Morgan fingerprint density at radius 3 is 2.54 bits per heavy atom. The minimum absolute atomic E-state index is 0.00333. The monoisotopic (exact) mass is 211 g/mol. The molecule has 8 heteroatoms. The third-order valence-corrected chi connectivity index (χ3v) is 2.45. The summed E-state index contributed by atoms with van der Waals surface area (Å²) in [6.07, 6.45) is 0.0518. The molecule has 0 saturated carbocycles. The van der Waals surface area contributed by atoms with Crippen molar-refractivity contribution in [1.29, 1.82) is 0 Å². The third-order valence-electron chi connectivity index (χ3n) is 1.33. The molecule has 0 aliphatic heterocycles. The Morgan fingerprint density at radius 2 is 2.15 bits per heavy atom. The second-order valence-corrected chi connectivity index (χ2v) is 4.04. The smallest absolute Gasteiger partial charge is 0.320 e. The van der Waals surface area contributed by atoms with Crippen LogP contribution in [0.2, 0.25) is 0 Å². The standard InChI is InChI=1S/C5H13N3O4S/c1-7-13(11,12)8-3-2-4(6)5(9)10/h4,7-8H,2-3,6H2,1H3,(H,9,10)/t4-/m0/s1. The average molecular weight is 211 g/mol. The second kappa shape index (κ2) is 5.12. The van der Waals surface area contributed by atoms with E-state index < -0.39 is 22.2 Å². The summed E-state index contributed by atoms with van der Waals surface area (Å²) in [5.41, 5.74) is 5.13. The number of nitrogens with two attached hydrogens (primary N) is 1. The highest BCUT2D eigenvalue weighted by Crippen LogP contribution is 1.86. The molecule has 0 aliphatic rings. The summed E-state index contributed by atoms with van der Waals surface area (Å²) in [4.78, 5) is 10.2. The largest absolute Gasteiger partial charge is 0.480 e. The molecule has 0 bridgehead atoms. The molecular weight excluding hydrogens is 198 g/mol. The third kappa shape index (κ3) is 5.53. The SMILES string of the molecule is CNS(=O)(=O)NCC[C@H](N)C(=O)O. The summed E-state index contributed by atoms with van der Waals surface area (Å²) in [7, 11) is -2.24. The fraction of sp³-hybridized carbons (Fsp3) is 0.800. The normalized spacial score (nSPS) is 14.0. The average Bonchev–Trinajstić information content (AvgIpc) is 2.04. The summed E-state index contributed by atoms with van der Waals surface area (Å²) in [6, 6.07) is -1.04. The molecular formula is C5H13N3O4S. The van der Waals surface area contributed by atoms with Gasteiger partial charge in [-0.1, -0.05) is 0 Å².